The van der Waals surface area contributed by atoms with Gasteiger partial charge in [-0.15, -0.1) is 0 Å². The number of benzene rings is 2. The zero-order valence-electron chi connectivity index (χ0n) is 16.1. The Kier molecular flexibility index (Phi) is 5.41. The lowest BCUT2D eigenvalue weighted by molar-refractivity contribution is -0.498. The summed E-state index contributed by atoms with van der Waals surface area (Å²) in [6, 6.07) is 14.9. The van der Waals surface area contributed by atoms with Gasteiger partial charge >= 0.3 is 5.97 Å². The summed E-state index contributed by atoms with van der Waals surface area (Å²) in [7, 11) is 0. The van der Waals surface area contributed by atoms with Gasteiger partial charge in [-0.25, -0.2) is 4.84 Å². The lowest BCUT2D eigenvalue weighted by atomic mass is 9.90. The van der Waals surface area contributed by atoms with Gasteiger partial charge < -0.3 is 40.1 Å². The Morgan fingerprint density at radius 2 is 1.26 bits per heavy atom. The van der Waals surface area contributed by atoms with Gasteiger partial charge in [0.2, 0.25) is 17.2 Å². The molecule has 1 saturated carbocycles. The average molecular weight is 437 g/mol. The molecule has 0 radical (unpaired) electrons. The molecule has 168 valence electrons. The van der Waals surface area contributed by atoms with Crippen LogP contribution >= 0.6 is 0 Å². The fourth-order valence-electron chi connectivity index (χ4n) is 4.01. The van der Waals surface area contributed by atoms with E-state index in [4.69, 9.17) is 9.47 Å². The van der Waals surface area contributed by atoms with Gasteiger partial charge in [0.05, 0.1) is 13.2 Å². The van der Waals surface area contributed by atoms with Crippen LogP contribution in [0.3, 0.4) is 0 Å². The van der Waals surface area contributed by atoms with E-state index in [1.54, 1.807) is 60.7 Å². The van der Waals surface area contributed by atoms with E-state index in [1.807, 2.05) is 0 Å². The maximum atomic E-state index is 10.9. The second kappa shape index (κ2) is 7.55. The molecule has 0 amide bonds. The molecule has 3 atom stereocenters. The third-order valence-corrected chi connectivity index (χ3v) is 5.65. The number of nitrogens with zero attached hydrogens (tertiary/aromatic N) is 1. The molecule has 1 aliphatic carbocycles. The number of aliphatic hydroxyl groups excluding tert-OH is 1. The summed E-state index contributed by atoms with van der Waals surface area (Å²) in [5, 5.41) is 73.0. The second-order valence-electron chi connectivity index (χ2n) is 7.57. The molecular formula is C20H23NO10. The number of hydroxylamine groups is 2. The summed E-state index contributed by atoms with van der Waals surface area (Å²) < 4.78 is 11.5. The van der Waals surface area contributed by atoms with Crippen molar-refractivity contribution in [1.82, 2.24) is 5.23 Å². The smallest absolute Gasteiger partial charge is 0.334 e. The van der Waals surface area contributed by atoms with Gasteiger partial charge in [-0.05, 0) is 11.1 Å². The van der Waals surface area contributed by atoms with Crippen LogP contribution in [0.1, 0.15) is 11.1 Å². The Balaban J connectivity index is 1.76. The predicted molar refractivity (Wildman–Crippen MR) is 99.0 cm³/mol. The maximum Gasteiger partial charge on any atom is 0.334 e. The minimum Gasteiger partial charge on any atom is -0.382 e. The van der Waals surface area contributed by atoms with Crippen molar-refractivity contribution in [3.05, 3.63) is 71.8 Å². The van der Waals surface area contributed by atoms with E-state index in [-0.39, 0.29) is 18.4 Å². The summed E-state index contributed by atoms with van der Waals surface area (Å²) in [5.74, 6) is -9.91. The molecule has 0 spiro atoms. The van der Waals surface area contributed by atoms with Gasteiger partial charge in [0.1, 0.15) is 0 Å². The Morgan fingerprint density at radius 1 is 0.806 bits per heavy atom. The Labute approximate surface area is 176 Å². The zero-order valence-corrected chi connectivity index (χ0v) is 16.1. The molecule has 4 rings (SSSR count). The standard InChI is InChI=1S/C20H23NO10/c22-16-17(29-11-13-7-3-1-4-8-13,30-12-14-9-5-2-6-10-14)15-18(23,19(16,24)25)20(26,27)31-21(15)28/h1-10,15-16,22-28H,11-12H2. The van der Waals surface area contributed by atoms with E-state index >= 15 is 0 Å². The molecule has 1 heterocycles. The fourth-order valence-corrected chi connectivity index (χ4v) is 4.01. The number of ether oxygens (including phenoxy) is 2. The van der Waals surface area contributed by atoms with Crippen LogP contribution in [0.15, 0.2) is 60.7 Å². The molecular weight excluding hydrogens is 414 g/mol. The van der Waals surface area contributed by atoms with Crippen molar-refractivity contribution >= 4 is 0 Å². The monoisotopic (exact) mass is 437 g/mol. The first kappa shape index (κ1) is 22.2. The molecule has 0 aromatic heterocycles. The highest BCUT2D eigenvalue weighted by Crippen LogP contribution is 2.57. The number of rotatable bonds is 6. The first-order valence-electron chi connectivity index (χ1n) is 9.39. The van der Waals surface area contributed by atoms with Crippen LogP contribution < -0.4 is 0 Å². The predicted octanol–water partition coefficient (Wildman–Crippen LogP) is -1.45. The van der Waals surface area contributed by atoms with Crippen molar-refractivity contribution < 1.29 is 50.2 Å². The Hall–Kier alpha value is -2.00. The van der Waals surface area contributed by atoms with Crippen molar-refractivity contribution in [1.29, 1.82) is 0 Å². The Bertz CT molecular complexity index is 865. The molecule has 0 bridgehead atoms. The summed E-state index contributed by atoms with van der Waals surface area (Å²) >= 11 is 0. The highest BCUT2D eigenvalue weighted by Gasteiger charge is 2.89. The molecule has 1 aliphatic heterocycles. The van der Waals surface area contributed by atoms with Crippen molar-refractivity contribution in [3.63, 3.8) is 0 Å². The lowest BCUT2D eigenvalue weighted by Gasteiger charge is -2.38. The summed E-state index contributed by atoms with van der Waals surface area (Å²) in [6.45, 7) is -0.542. The third-order valence-electron chi connectivity index (χ3n) is 5.65. The lowest BCUT2D eigenvalue weighted by Crippen LogP contribution is -2.69. The van der Waals surface area contributed by atoms with Gasteiger partial charge in [0.25, 0.3) is 0 Å². The minimum absolute atomic E-state index is 0.229. The van der Waals surface area contributed by atoms with Gasteiger partial charge in [-0.1, -0.05) is 65.9 Å². The van der Waals surface area contributed by atoms with Crippen LogP contribution in [0.4, 0.5) is 0 Å². The van der Waals surface area contributed by atoms with E-state index in [0.717, 1.165) is 0 Å². The van der Waals surface area contributed by atoms with E-state index in [0.29, 0.717) is 11.1 Å². The molecule has 31 heavy (non-hydrogen) atoms. The van der Waals surface area contributed by atoms with Crippen LogP contribution in [-0.4, -0.2) is 76.4 Å². The van der Waals surface area contributed by atoms with E-state index in [9.17, 15) is 35.8 Å². The highest BCUT2D eigenvalue weighted by molar-refractivity contribution is 5.26. The summed E-state index contributed by atoms with van der Waals surface area (Å²) in [5.41, 5.74) is -2.30. The molecule has 11 nitrogen and oxygen atoms in total. The van der Waals surface area contributed by atoms with Gasteiger partial charge in [0, 0.05) is 0 Å². The number of hydrogen-bond donors (Lipinski definition) is 7. The van der Waals surface area contributed by atoms with Gasteiger partial charge in [-0.3, -0.25) is 5.21 Å². The van der Waals surface area contributed by atoms with Crippen molar-refractivity contribution in [2.75, 3.05) is 0 Å². The maximum absolute atomic E-state index is 10.9. The van der Waals surface area contributed by atoms with E-state index in [2.05, 4.69) is 4.84 Å². The van der Waals surface area contributed by atoms with Crippen molar-refractivity contribution in [3.8, 4) is 0 Å². The Morgan fingerprint density at radius 3 is 1.71 bits per heavy atom. The van der Waals surface area contributed by atoms with Crippen LogP contribution in [0, 0.1) is 0 Å². The molecule has 2 aromatic carbocycles. The first-order chi connectivity index (χ1) is 14.6. The molecule has 2 aromatic rings. The summed E-state index contributed by atoms with van der Waals surface area (Å²) in [6.07, 6.45) is -2.47. The summed E-state index contributed by atoms with van der Waals surface area (Å²) in [4.78, 5) is 4.42. The third kappa shape index (κ3) is 3.19. The average Bonchev–Trinajstić information content (AvgIpc) is 3.02. The van der Waals surface area contributed by atoms with Crippen LogP contribution in [0.25, 0.3) is 0 Å². The van der Waals surface area contributed by atoms with E-state index < -0.39 is 35.3 Å². The molecule has 2 aliphatic rings. The zero-order chi connectivity index (χ0) is 22.5. The minimum atomic E-state index is -3.70. The molecule has 1 saturated heterocycles. The SMILES string of the molecule is OC1C(OCc2ccccc2)(OCc2ccccc2)C2N(O)OC(O)(O)C2(O)C1(O)O. The molecule has 2 fully saturated rings. The number of hydrogen-bond acceptors (Lipinski definition) is 11. The topological polar surface area (TPSA) is 173 Å². The molecule has 11 heteroatoms. The molecule has 3 unspecified atom stereocenters. The van der Waals surface area contributed by atoms with Crippen LogP contribution in [0.2, 0.25) is 0 Å². The normalized spacial score (nSPS) is 30.9. The molecule has 7 N–H and O–H groups in total. The largest absolute Gasteiger partial charge is 0.382 e. The van der Waals surface area contributed by atoms with Crippen molar-refractivity contribution in [2.24, 2.45) is 0 Å². The quantitative estimate of drug-likeness (QED) is 0.264. The number of aliphatic hydroxyl groups is 6. The van der Waals surface area contributed by atoms with Gasteiger partial charge in [0.15, 0.2) is 12.1 Å². The van der Waals surface area contributed by atoms with Crippen LogP contribution in [-0.2, 0) is 27.5 Å². The fraction of sp³-hybridized carbons (Fsp3) is 0.400. The second-order valence-corrected chi connectivity index (χ2v) is 7.57. The van der Waals surface area contributed by atoms with E-state index in [1.165, 1.54) is 0 Å². The first-order valence-corrected chi connectivity index (χ1v) is 9.39. The van der Waals surface area contributed by atoms with Crippen LogP contribution in [0.5, 0.6) is 0 Å². The van der Waals surface area contributed by atoms with Gasteiger partial charge in [-0.2, -0.15) is 0 Å². The highest BCUT2D eigenvalue weighted by atomic mass is 17.0. The number of fused-ring (bicyclic) bond motifs is 1. The van der Waals surface area contributed by atoms with Crippen molar-refractivity contribution in [2.45, 2.75) is 48.5 Å².